The molecule has 0 heterocycles. The van der Waals surface area contributed by atoms with Crippen LogP contribution < -0.4 is 5.73 Å². The Morgan fingerprint density at radius 1 is 1.25 bits per heavy atom. The van der Waals surface area contributed by atoms with Gasteiger partial charge in [-0.25, -0.2) is 8.42 Å². The number of nitrogen functional groups attached to an aromatic ring is 1. The van der Waals surface area contributed by atoms with Gasteiger partial charge in [-0.2, -0.15) is 4.31 Å². The first-order valence-corrected chi connectivity index (χ1v) is 8.67. The van der Waals surface area contributed by atoms with Gasteiger partial charge in [0.2, 0.25) is 10.0 Å². The Hall–Kier alpha value is -0.780. The van der Waals surface area contributed by atoms with Crippen molar-refractivity contribution in [2.75, 3.05) is 12.8 Å². The molecule has 6 heteroatoms. The maximum atomic E-state index is 12.6. The number of hydrogen-bond acceptors (Lipinski definition) is 3. The molecular formula is C14H21ClN2O2S. The molecule has 0 unspecified atom stereocenters. The number of benzene rings is 1. The minimum atomic E-state index is -3.50. The number of halogens is 1. The molecule has 2 N–H and O–H groups in total. The number of anilines is 1. The lowest BCUT2D eigenvalue weighted by Gasteiger charge is -2.32. The number of rotatable bonds is 3. The Labute approximate surface area is 126 Å². The van der Waals surface area contributed by atoms with Gasteiger partial charge in [-0.1, -0.05) is 18.5 Å². The first kappa shape index (κ1) is 15.6. The van der Waals surface area contributed by atoms with E-state index in [0.29, 0.717) is 11.6 Å². The van der Waals surface area contributed by atoms with Gasteiger partial charge in [-0.3, -0.25) is 0 Å². The fourth-order valence-corrected chi connectivity index (χ4v) is 4.32. The van der Waals surface area contributed by atoms with E-state index in [9.17, 15) is 8.42 Å². The third kappa shape index (κ3) is 3.10. The first-order valence-electron chi connectivity index (χ1n) is 6.85. The van der Waals surface area contributed by atoms with Crippen molar-refractivity contribution in [3.63, 3.8) is 0 Å². The summed E-state index contributed by atoms with van der Waals surface area (Å²) in [4.78, 5) is 0.206. The summed E-state index contributed by atoms with van der Waals surface area (Å²) in [5.41, 5.74) is 6.01. The van der Waals surface area contributed by atoms with Gasteiger partial charge in [0.05, 0.1) is 15.6 Å². The molecule has 0 atom stereocenters. The smallest absolute Gasteiger partial charge is 0.243 e. The van der Waals surface area contributed by atoms with Crippen LogP contribution in [0.5, 0.6) is 0 Å². The van der Waals surface area contributed by atoms with Gasteiger partial charge in [0, 0.05) is 13.1 Å². The lowest BCUT2D eigenvalue weighted by molar-refractivity contribution is 0.246. The molecule has 112 valence electrons. The fourth-order valence-electron chi connectivity index (χ4n) is 2.64. The van der Waals surface area contributed by atoms with Crippen LogP contribution >= 0.6 is 11.6 Å². The maximum absolute atomic E-state index is 12.6. The Bertz CT molecular complexity index is 581. The highest BCUT2D eigenvalue weighted by Gasteiger charge is 2.30. The Morgan fingerprint density at radius 2 is 1.85 bits per heavy atom. The van der Waals surface area contributed by atoms with Crippen LogP contribution in [-0.2, 0) is 10.0 Å². The van der Waals surface area contributed by atoms with E-state index in [1.807, 2.05) is 0 Å². The molecule has 0 bridgehead atoms. The summed E-state index contributed by atoms with van der Waals surface area (Å²) >= 11 is 5.92. The Kier molecular flexibility index (Phi) is 4.62. The second-order valence-electron chi connectivity index (χ2n) is 5.62. The van der Waals surface area contributed by atoms with Gasteiger partial charge in [-0.05, 0) is 49.8 Å². The summed E-state index contributed by atoms with van der Waals surface area (Å²) in [7, 11) is -1.85. The van der Waals surface area contributed by atoms with E-state index in [1.54, 1.807) is 7.05 Å². The molecule has 1 aliphatic carbocycles. The minimum Gasteiger partial charge on any atom is -0.398 e. The molecule has 2 rings (SSSR count). The molecule has 1 aromatic carbocycles. The van der Waals surface area contributed by atoms with Gasteiger partial charge in [0.15, 0.2) is 0 Å². The lowest BCUT2D eigenvalue weighted by atomic mass is 9.87. The average Bonchev–Trinajstić information content (AvgIpc) is 2.41. The van der Waals surface area contributed by atoms with Crippen LogP contribution in [0.1, 0.15) is 32.6 Å². The predicted octanol–water partition coefficient (Wildman–Crippen LogP) is 3.12. The maximum Gasteiger partial charge on any atom is 0.243 e. The summed E-state index contributed by atoms with van der Waals surface area (Å²) in [6.07, 6.45) is 3.99. The summed E-state index contributed by atoms with van der Waals surface area (Å²) < 4.78 is 26.7. The molecule has 0 radical (unpaired) electrons. The predicted molar refractivity (Wildman–Crippen MR) is 82.2 cm³/mol. The monoisotopic (exact) mass is 316 g/mol. The van der Waals surface area contributed by atoms with Crippen LogP contribution in [0.25, 0.3) is 0 Å². The summed E-state index contributed by atoms with van der Waals surface area (Å²) in [5, 5.41) is 0.275. The van der Waals surface area contributed by atoms with Gasteiger partial charge in [-0.15, -0.1) is 0 Å². The highest BCUT2D eigenvalue weighted by Crippen LogP contribution is 2.31. The van der Waals surface area contributed by atoms with E-state index in [4.69, 9.17) is 17.3 Å². The van der Waals surface area contributed by atoms with Crippen LogP contribution in [0.4, 0.5) is 5.69 Å². The van der Waals surface area contributed by atoms with Crippen molar-refractivity contribution in [3.8, 4) is 0 Å². The van der Waals surface area contributed by atoms with Crippen molar-refractivity contribution in [1.29, 1.82) is 0 Å². The molecule has 1 aromatic rings. The summed E-state index contributed by atoms with van der Waals surface area (Å²) in [5.74, 6) is 0.688. The van der Waals surface area contributed by atoms with Crippen molar-refractivity contribution in [2.45, 2.75) is 43.5 Å². The number of nitrogens with zero attached hydrogens (tertiary/aromatic N) is 1. The summed E-state index contributed by atoms with van der Waals surface area (Å²) in [6.45, 7) is 2.21. The van der Waals surface area contributed by atoms with Crippen LogP contribution in [-0.4, -0.2) is 25.8 Å². The van der Waals surface area contributed by atoms with Crippen LogP contribution in [0.3, 0.4) is 0 Å². The van der Waals surface area contributed by atoms with Gasteiger partial charge in [0.25, 0.3) is 0 Å². The third-order valence-corrected chi connectivity index (χ3v) is 6.38. The first-order chi connectivity index (χ1) is 9.32. The van der Waals surface area contributed by atoms with Crippen molar-refractivity contribution in [3.05, 3.63) is 23.2 Å². The largest absolute Gasteiger partial charge is 0.398 e. The van der Waals surface area contributed by atoms with Crippen LogP contribution in [0.2, 0.25) is 5.02 Å². The number of nitrogens with two attached hydrogens (primary N) is 1. The summed E-state index contributed by atoms with van der Waals surface area (Å²) in [6, 6.07) is 4.55. The fraction of sp³-hybridized carbons (Fsp3) is 0.571. The second kappa shape index (κ2) is 5.92. The normalized spacial score (nSPS) is 24.0. The molecule has 0 saturated heterocycles. The molecule has 0 amide bonds. The van der Waals surface area contributed by atoms with Crippen molar-refractivity contribution in [1.82, 2.24) is 4.31 Å². The number of sulfonamides is 1. The number of hydrogen-bond donors (Lipinski definition) is 1. The standard InChI is InChI=1S/C14H21ClN2O2S/c1-10-3-5-11(6-4-10)17(2)20(18,19)12-7-8-14(16)13(15)9-12/h7-11H,3-6,16H2,1-2H3. The average molecular weight is 317 g/mol. The van der Waals surface area contributed by atoms with Gasteiger partial charge < -0.3 is 5.73 Å². The van der Waals surface area contributed by atoms with Gasteiger partial charge in [0.1, 0.15) is 0 Å². The SMILES string of the molecule is CC1CCC(N(C)S(=O)(=O)c2ccc(N)c(Cl)c2)CC1. The lowest BCUT2D eigenvalue weighted by Crippen LogP contribution is -2.39. The Morgan fingerprint density at radius 3 is 2.40 bits per heavy atom. The molecule has 1 fully saturated rings. The highest BCUT2D eigenvalue weighted by molar-refractivity contribution is 7.89. The third-order valence-electron chi connectivity index (χ3n) is 4.15. The quantitative estimate of drug-likeness (QED) is 0.871. The molecule has 4 nitrogen and oxygen atoms in total. The minimum absolute atomic E-state index is 0.0764. The van der Waals surface area contributed by atoms with Crippen LogP contribution in [0, 0.1) is 5.92 Å². The van der Waals surface area contributed by atoms with E-state index in [-0.39, 0.29) is 16.0 Å². The van der Waals surface area contributed by atoms with Crippen molar-refractivity contribution in [2.24, 2.45) is 5.92 Å². The zero-order valence-corrected chi connectivity index (χ0v) is 13.4. The van der Waals surface area contributed by atoms with Crippen molar-refractivity contribution >= 4 is 27.3 Å². The van der Waals surface area contributed by atoms with Crippen molar-refractivity contribution < 1.29 is 8.42 Å². The van der Waals surface area contributed by atoms with E-state index in [0.717, 1.165) is 25.7 Å². The molecule has 1 saturated carbocycles. The van der Waals surface area contributed by atoms with E-state index in [2.05, 4.69) is 6.92 Å². The zero-order valence-electron chi connectivity index (χ0n) is 11.8. The molecular weight excluding hydrogens is 296 g/mol. The zero-order chi connectivity index (χ0) is 14.9. The Balaban J connectivity index is 2.23. The molecule has 0 aliphatic heterocycles. The molecule has 0 spiro atoms. The van der Waals surface area contributed by atoms with Crippen LogP contribution in [0.15, 0.2) is 23.1 Å². The molecule has 1 aliphatic rings. The second-order valence-corrected chi connectivity index (χ2v) is 8.02. The van der Waals surface area contributed by atoms with E-state index in [1.165, 1.54) is 22.5 Å². The van der Waals surface area contributed by atoms with E-state index >= 15 is 0 Å². The molecule has 0 aromatic heterocycles. The van der Waals surface area contributed by atoms with Gasteiger partial charge >= 0.3 is 0 Å². The molecule has 20 heavy (non-hydrogen) atoms. The van der Waals surface area contributed by atoms with E-state index < -0.39 is 10.0 Å². The highest BCUT2D eigenvalue weighted by atomic mass is 35.5. The topological polar surface area (TPSA) is 63.4 Å².